The molecule has 0 aromatic rings. The zero-order valence-corrected chi connectivity index (χ0v) is 42.0. The minimum absolute atomic E-state index is 0.116. The van der Waals surface area contributed by atoms with Gasteiger partial charge in [0.15, 0.2) is 6.29 Å². The zero-order valence-electron chi connectivity index (χ0n) is 42.0. The molecular formula is C56H102O9. The van der Waals surface area contributed by atoms with Gasteiger partial charge in [0, 0.05) is 13.0 Å². The summed E-state index contributed by atoms with van der Waals surface area (Å²) < 4.78 is 22.9. The summed E-state index contributed by atoms with van der Waals surface area (Å²) in [5, 5.41) is 40.3. The van der Waals surface area contributed by atoms with E-state index in [0.717, 1.165) is 70.6 Å². The Hall–Kier alpha value is -1.85. The van der Waals surface area contributed by atoms with Gasteiger partial charge >= 0.3 is 5.97 Å². The molecule has 1 saturated heterocycles. The van der Waals surface area contributed by atoms with E-state index < -0.39 is 43.4 Å². The Labute approximate surface area is 399 Å². The number of carbonyl (C=O) groups is 1. The maximum Gasteiger partial charge on any atom is 0.306 e. The Bertz CT molecular complexity index is 1140. The molecule has 6 unspecified atom stereocenters. The average molecular weight is 919 g/mol. The van der Waals surface area contributed by atoms with E-state index in [1.807, 2.05) is 0 Å². The van der Waals surface area contributed by atoms with E-state index >= 15 is 0 Å². The molecule has 9 heteroatoms. The highest BCUT2D eigenvalue weighted by Crippen LogP contribution is 2.23. The molecule has 9 nitrogen and oxygen atoms in total. The van der Waals surface area contributed by atoms with Gasteiger partial charge in [-0.3, -0.25) is 4.79 Å². The molecule has 1 aliphatic rings. The Morgan fingerprint density at radius 3 is 1.42 bits per heavy atom. The molecule has 0 saturated carbocycles. The molecule has 1 rings (SSSR count). The van der Waals surface area contributed by atoms with Gasteiger partial charge in [-0.05, 0) is 51.4 Å². The molecule has 1 heterocycles. The molecule has 1 aliphatic heterocycles. The van der Waals surface area contributed by atoms with Crippen LogP contribution in [0.2, 0.25) is 0 Å². The molecule has 0 aliphatic carbocycles. The largest absolute Gasteiger partial charge is 0.457 e. The molecule has 65 heavy (non-hydrogen) atoms. The van der Waals surface area contributed by atoms with Crippen molar-refractivity contribution in [2.24, 2.45) is 0 Å². The van der Waals surface area contributed by atoms with Crippen molar-refractivity contribution in [3.05, 3.63) is 48.6 Å². The van der Waals surface area contributed by atoms with E-state index in [0.29, 0.717) is 13.0 Å². The number of hydrogen-bond donors (Lipinski definition) is 4. The summed E-state index contributed by atoms with van der Waals surface area (Å²) in [5.74, 6) is -0.314. The zero-order chi connectivity index (χ0) is 47.1. The van der Waals surface area contributed by atoms with Crippen LogP contribution >= 0.6 is 0 Å². The number of unbranched alkanes of at least 4 members (excludes halogenated alkanes) is 28. The molecule has 0 aromatic heterocycles. The van der Waals surface area contributed by atoms with E-state index in [1.165, 1.54) is 148 Å². The summed E-state index contributed by atoms with van der Waals surface area (Å²) in [6.45, 7) is 4.46. The number of esters is 1. The maximum absolute atomic E-state index is 12.9. The first-order valence-electron chi connectivity index (χ1n) is 27.2. The van der Waals surface area contributed by atoms with Gasteiger partial charge in [-0.2, -0.15) is 0 Å². The topological polar surface area (TPSA) is 135 Å². The molecule has 1 fully saturated rings. The summed E-state index contributed by atoms with van der Waals surface area (Å²) >= 11 is 0. The van der Waals surface area contributed by atoms with Gasteiger partial charge < -0.3 is 39.4 Å². The third-order valence-corrected chi connectivity index (χ3v) is 12.5. The lowest BCUT2D eigenvalue weighted by Gasteiger charge is -2.39. The van der Waals surface area contributed by atoms with Crippen LogP contribution in [-0.4, -0.2) is 89.6 Å². The lowest BCUT2D eigenvalue weighted by atomic mass is 9.99. The lowest BCUT2D eigenvalue weighted by molar-refractivity contribution is -0.305. The van der Waals surface area contributed by atoms with Gasteiger partial charge in [-0.15, -0.1) is 0 Å². The van der Waals surface area contributed by atoms with Gasteiger partial charge in [0.1, 0.15) is 30.5 Å². The van der Waals surface area contributed by atoms with Crippen LogP contribution < -0.4 is 0 Å². The number of hydrogen-bond acceptors (Lipinski definition) is 9. The average Bonchev–Trinajstić information content (AvgIpc) is 3.31. The molecule has 0 spiro atoms. The number of rotatable bonds is 47. The van der Waals surface area contributed by atoms with Crippen LogP contribution in [0.1, 0.15) is 239 Å². The predicted octanol–water partition coefficient (Wildman–Crippen LogP) is 13.6. The molecular weight excluding hydrogens is 817 g/mol. The summed E-state index contributed by atoms with van der Waals surface area (Å²) in [6.07, 6.45) is 52.9. The van der Waals surface area contributed by atoms with Crippen molar-refractivity contribution in [1.82, 2.24) is 0 Å². The summed E-state index contributed by atoms with van der Waals surface area (Å²) in [5.41, 5.74) is 0. The second-order valence-corrected chi connectivity index (χ2v) is 18.7. The minimum Gasteiger partial charge on any atom is -0.457 e. The fraction of sp³-hybridized carbons (Fsp3) is 0.839. The van der Waals surface area contributed by atoms with Gasteiger partial charge in [0.2, 0.25) is 0 Å². The molecule has 0 aromatic carbocycles. The number of allylic oxidation sites excluding steroid dienone is 8. The van der Waals surface area contributed by atoms with Crippen LogP contribution in [0.5, 0.6) is 0 Å². The summed E-state index contributed by atoms with van der Waals surface area (Å²) in [6, 6.07) is 0. The Morgan fingerprint density at radius 2 is 0.938 bits per heavy atom. The van der Waals surface area contributed by atoms with Gasteiger partial charge in [-0.25, -0.2) is 0 Å². The van der Waals surface area contributed by atoms with Crippen molar-refractivity contribution in [1.29, 1.82) is 0 Å². The Morgan fingerprint density at radius 1 is 0.508 bits per heavy atom. The van der Waals surface area contributed by atoms with Gasteiger partial charge in [-0.1, -0.05) is 229 Å². The van der Waals surface area contributed by atoms with E-state index in [9.17, 15) is 25.2 Å². The van der Waals surface area contributed by atoms with Crippen LogP contribution in [0.4, 0.5) is 0 Å². The van der Waals surface area contributed by atoms with E-state index in [4.69, 9.17) is 18.9 Å². The maximum atomic E-state index is 12.9. The second-order valence-electron chi connectivity index (χ2n) is 18.7. The summed E-state index contributed by atoms with van der Waals surface area (Å²) in [7, 11) is 0. The quantitative estimate of drug-likeness (QED) is 0.0267. The first-order valence-corrected chi connectivity index (χ1v) is 27.2. The predicted molar refractivity (Wildman–Crippen MR) is 270 cm³/mol. The fourth-order valence-corrected chi connectivity index (χ4v) is 8.31. The minimum atomic E-state index is -1.54. The fourth-order valence-electron chi connectivity index (χ4n) is 8.31. The van der Waals surface area contributed by atoms with Crippen molar-refractivity contribution in [2.45, 2.75) is 275 Å². The van der Waals surface area contributed by atoms with Crippen molar-refractivity contribution in [3.63, 3.8) is 0 Å². The van der Waals surface area contributed by atoms with Crippen LogP contribution in [0, 0.1) is 0 Å². The monoisotopic (exact) mass is 919 g/mol. The van der Waals surface area contributed by atoms with E-state index in [2.05, 4.69) is 62.5 Å². The van der Waals surface area contributed by atoms with E-state index in [-0.39, 0.29) is 19.2 Å². The standard InChI is InChI=1S/C56H102O9/c1-3-5-7-9-11-13-15-17-19-21-23-25-26-27-29-31-33-35-37-39-41-43-45-52(58)64-50(49-63-56-55(61)54(60)53(59)51(47-57)65-56)48-62-46-44-42-40-38-36-34-32-30-28-24-22-20-18-16-14-12-10-8-6-4-2/h6,8,12,14,18,20,24,28,50-51,53-57,59-61H,3-5,7,9-11,13,15-17,19,21-23,25-27,29-49H2,1-2H3/b8-6-,14-12-,20-18-,28-24-. The van der Waals surface area contributed by atoms with Crippen molar-refractivity contribution in [2.75, 3.05) is 26.4 Å². The van der Waals surface area contributed by atoms with Crippen LogP contribution in [0.3, 0.4) is 0 Å². The molecule has 0 amide bonds. The number of ether oxygens (including phenoxy) is 4. The van der Waals surface area contributed by atoms with E-state index in [1.54, 1.807) is 0 Å². The van der Waals surface area contributed by atoms with Crippen LogP contribution in [-0.2, 0) is 23.7 Å². The first kappa shape index (κ1) is 61.2. The third-order valence-electron chi connectivity index (χ3n) is 12.5. The van der Waals surface area contributed by atoms with Crippen molar-refractivity contribution >= 4 is 5.97 Å². The summed E-state index contributed by atoms with van der Waals surface area (Å²) in [4.78, 5) is 12.9. The smallest absolute Gasteiger partial charge is 0.306 e. The highest BCUT2D eigenvalue weighted by atomic mass is 16.7. The molecule has 4 N–H and O–H groups in total. The van der Waals surface area contributed by atoms with Crippen LogP contribution in [0.25, 0.3) is 0 Å². The normalized spacial score (nSPS) is 19.8. The lowest BCUT2D eigenvalue weighted by Crippen LogP contribution is -2.59. The van der Waals surface area contributed by atoms with Crippen LogP contribution in [0.15, 0.2) is 48.6 Å². The Kier molecular flexibility index (Phi) is 44.4. The van der Waals surface area contributed by atoms with Crippen molar-refractivity contribution < 1.29 is 44.2 Å². The number of aliphatic hydroxyl groups is 4. The molecule has 0 bridgehead atoms. The first-order chi connectivity index (χ1) is 31.9. The molecule has 0 radical (unpaired) electrons. The Balaban J connectivity index is 2.18. The number of aliphatic hydroxyl groups excluding tert-OH is 4. The van der Waals surface area contributed by atoms with Crippen molar-refractivity contribution in [3.8, 4) is 0 Å². The third kappa shape index (κ3) is 37.8. The van der Waals surface area contributed by atoms with Gasteiger partial charge in [0.25, 0.3) is 0 Å². The van der Waals surface area contributed by atoms with Gasteiger partial charge in [0.05, 0.1) is 19.8 Å². The SMILES string of the molecule is CC/C=C\C/C=C\C/C=C\C/C=C\CCCCCCCCCOCC(COC1OC(CO)C(O)C(O)C1O)OC(=O)CCCCCCCCCCCCCCCCCCCCCCCC. The highest BCUT2D eigenvalue weighted by molar-refractivity contribution is 5.69. The second kappa shape index (κ2) is 47.2. The molecule has 6 atom stereocenters. The number of carbonyl (C=O) groups excluding carboxylic acids is 1. The highest BCUT2D eigenvalue weighted by Gasteiger charge is 2.44. The molecule has 380 valence electrons.